The number of alkyl halides is 6. The normalized spacial score (nSPS) is 12.7. The maximum absolute atomic E-state index is 13.1. The molecule has 3 aromatic rings. The molecule has 2 nitrogen and oxygen atoms in total. The molecular formula is C19H11ClF6N2. The lowest BCUT2D eigenvalue weighted by Crippen LogP contribution is -2.13. The minimum atomic E-state index is -4.99. The maximum Gasteiger partial charge on any atom is 0.435 e. The van der Waals surface area contributed by atoms with Gasteiger partial charge in [0.05, 0.1) is 5.69 Å². The van der Waals surface area contributed by atoms with E-state index in [-0.39, 0.29) is 16.4 Å². The fraction of sp³-hybridized carbons (Fsp3) is 0.105. The van der Waals surface area contributed by atoms with Gasteiger partial charge in [0.15, 0.2) is 5.69 Å². The molecule has 0 bridgehead atoms. The molecule has 0 N–H and O–H groups in total. The third kappa shape index (κ3) is 4.39. The number of benzene rings is 2. The summed E-state index contributed by atoms with van der Waals surface area (Å²) in [6.45, 7) is 0. The van der Waals surface area contributed by atoms with Crippen molar-refractivity contribution in [2.75, 3.05) is 0 Å². The lowest BCUT2D eigenvalue weighted by molar-refractivity contribution is -0.143. The minimum Gasteiger partial charge on any atom is -0.228 e. The van der Waals surface area contributed by atoms with Gasteiger partial charge in [0.2, 0.25) is 0 Å². The topological polar surface area (TPSA) is 17.8 Å². The number of hydrogen-bond acceptors (Lipinski definition) is 1. The predicted molar refractivity (Wildman–Crippen MR) is 93.9 cm³/mol. The molecule has 0 saturated carbocycles. The van der Waals surface area contributed by atoms with E-state index in [1.807, 2.05) is 0 Å². The van der Waals surface area contributed by atoms with Gasteiger partial charge in [-0.15, -0.1) is 0 Å². The van der Waals surface area contributed by atoms with E-state index in [0.717, 1.165) is 5.56 Å². The molecule has 0 aliphatic rings. The SMILES string of the molecule is FC(F)(F)c1cc(C(F)(F)F)n(-c2ccc(C=Cc3ccccc3Cl)cc2)n1. The van der Waals surface area contributed by atoms with Crippen LogP contribution in [0.3, 0.4) is 0 Å². The Hall–Kier alpha value is -2.74. The van der Waals surface area contributed by atoms with E-state index in [1.54, 1.807) is 36.4 Å². The van der Waals surface area contributed by atoms with E-state index in [2.05, 4.69) is 5.10 Å². The molecule has 0 unspecified atom stereocenters. The second kappa shape index (κ2) is 7.35. The van der Waals surface area contributed by atoms with Gasteiger partial charge >= 0.3 is 12.4 Å². The van der Waals surface area contributed by atoms with Crippen molar-refractivity contribution in [3.05, 3.63) is 82.1 Å². The molecule has 3 rings (SSSR count). The summed E-state index contributed by atoms with van der Waals surface area (Å²) in [7, 11) is 0. The van der Waals surface area contributed by atoms with Crippen molar-refractivity contribution in [1.82, 2.24) is 9.78 Å². The first kappa shape index (κ1) is 20.0. The van der Waals surface area contributed by atoms with Gasteiger partial charge in [0, 0.05) is 11.1 Å². The van der Waals surface area contributed by atoms with Gasteiger partial charge in [-0.1, -0.05) is 54.1 Å². The van der Waals surface area contributed by atoms with Gasteiger partial charge in [0.1, 0.15) is 5.69 Å². The summed E-state index contributed by atoms with van der Waals surface area (Å²) in [6.07, 6.45) is -6.57. The van der Waals surface area contributed by atoms with Crippen molar-refractivity contribution in [1.29, 1.82) is 0 Å². The largest absolute Gasteiger partial charge is 0.435 e. The number of aromatic nitrogens is 2. The molecule has 1 aromatic heterocycles. The molecule has 0 aliphatic carbocycles. The molecule has 28 heavy (non-hydrogen) atoms. The number of nitrogens with zero attached hydrogens (tertiary/aromatic N) is 2. The third-order valence-electron chi connectivity index (χ3n) is 3.79. The molecule has 0 fully saturated rings. The van der Waals surface area contributed by atoms with Gasteiger partial charge in [-0.2, -0.15) is 31.4 Å². The molecule has 0 aliphatic heterocycles. The zero-order chi connectivity index (χ0) is 20.5. The van der Waals surface area contributed by atoms with E-state index >= 15 is 0 Å². The third-order valence-corrected chi connectivity index (χ3v) is 4.13. The van der Waals surface area contributed by atoms with Crippen LogP contribution in [0.1, 0.15) is 22.5 Å². The highest BCUT2D eigenvalue weighted by molar-refractivity contribution is 6.32. The van der Waals surface area contributed by atoms with Crippen LogP contribution in [0.4, 0.5) is 26.3 Å². The summed E-state index contributed by atoms with van der Waals surface area (Å²) in [5, 5.41) is 3.62. The van der Waals surface area contributed by atoms with Crippen molar-refractivity contribution in [2.45, 2.75) is 12.4 Å². The van der Waals surface area contributed by atoms with Crippen LogP contribution < -0.4 is 0 Å². The highest BCUT2D eigenvalue weighted by atomic mass is 35.5. The Labute approximate surface area is 160 Å². The van der Waals surface area contributed by atoms with E-state index in [1.165, 1.54) is 24.3 Å². The fourth-order valence-corrected chi connectivity index (χ4v) is 2.64. The molecule has 9 heteroatoms. The molecule has 0 spiro atoms. The Kier molecular flexibility index (Phi) is 5.25. The van der Waals surface area contributed by atoms with Crippen LogP contribution in [0.2, 0.25) is 5.02 Å². The first-order valence-corrected chi connectivity index (χ1v) is 8.21. The quantitative estimate of drug-likeness (QED) is 0.342. The molecule has 0 saturated heterocycles. The molecule has 0 radical (unpaired) electrons. The monoisotopic (exact) mass is 416 g/mol. The summed E-state index contributed by atoms with van der Waals surface area (Å²) < 4.78 is 77.9. The van der Waals surface area contributed by atoms with Gasteiger partial charge in [-0.25, -0.2) is 4.68 Å². The lowest BCUT2D eigenvalue weighted by Gasteiger charge is -2.10. The molecule has 0 amide bonds. The van der Waals surface area contributed by atoms with Crippen molar-refractivity contribution in [2.24, 2.45) is 0 Å². The van der Waals surface area contributed by atoms with E-state index in [9.17, 15) is 26.3 Å². The Morgan fingerprint density at radius 2 is 1.46 bits per heavy atom. The van der Waals surface area contributed by atoms with Gasteiger partial charge in [0.25, 0.3) is 0 Å². The van der Waals surface area contributed by atoms with E-state index < -0.39 is 23.7 Å². The van der Waals surface area contributed by atoms with Crippen molar-refractivity contribution >= 4 is 23.8 Å². The molecular weight excluding hydrogens is 406 g/mol. The summed E-state index contributed by atoms with van der Waals surface area (Å²) in [5.74, 6) is 0. The Bertz CT molecular complexity index is 1000. The summed E-state index contributed by atoms with van der Waals surface area (Å²) >= 11 is 6.03. The van der Waals surface area contributed by atoms with Crippen LogP contribution in [0.15, 0.2) is 54.6 Å². The van der Waals surface area contributed by atoms with Crippen LogP contribution in [-0.4, -0.2) is 9.78 Å². The van der Waals surface area contributed by atoms with Crippen LogP contribution in [0, 0.1) is 0 Å². The van der Waals surface area contributed by atoms with Crippen LogP contribution in [0.25, 0.3) is 17.8 Å². The molecule has 2 aromatic carbocycles. The predicted octanol–water partition coefficient (Wildman–Crippen LogP) is 6.73. The van der Waals surface area contributed by atoms with E-state index in [0.29, 0.717) is 10.6 Å². The van der Waals surface area contributed by atoms with Crippen molar-refractivity contribution in [3.63, 3.8) is 0 Å². The van der Waals surface area contributed by atoms with Crippen molar-refractivity contribution in [3.8, 4) is 5.69 Å². The number of rotatable bonds is 3. The van der Waals surface area contributed by atoms with Gasteiger partial charge < -0.3 is 0 Å². The average molecular weight is 417 g/mol. The summed E-state index contributed by atoms with van der Waals surface area (Å²) in [4.78, 5) is 0. The summed E-state index contributed by atoms with van der Waals surface area (Å²) in [5.41, 5.74) is -1.88. The zero-order valence-corrected chi connectivity index (χ0v) is 14.6. The number of halogens is 7. The first-order chi connectivity index (χ1) is 13.1. The Morgan fingerprint density at radius 1 is 0.821 bits per heavy atom. The standard InChI is InChI=1S/C19H11ClF6N2/c20-15-4-2-1-3-13(15)8-5-12-6-9-14(10-7-12)28-17(19(24,25)26)11-16(27-28)18(21,22)23/h1-11H. The fourth-order valence-electron chi connectivity index (χ4n) is 2.44. The highest BCUT2D eigenvalue weighted by Crippen LogP contribution is 2.36. The maximum atomic E-state index is 13.1. The second-order valence-corrected chi connectivity index (χ2v) is 6.18. The Balaban J connectivity index is 1.93. The minimum absolute atomic E-state index is 0.00871. The first-order valence-electron chi connectivity index (χ1n) is 7.83. The molecule has 0 atom stereocenters. The van der Waals surface area contributed by atoms with E-state index in [4.69, 9.17) is 11.6 Å². The van der Waals surface area contributed by atoms with Gasteiger partial charge in [-0.05, 0) is 29.3 Å². The zero-order valence-electron chi connectivity index (χ0n) is 13.9. The summed E-state index contributed by atoms with van der Waals surface area (Å²) in [6, 6.07) is 12.5. The smallest absolute Gasteiger partial charge is 0.228 e. The Morgan fingerprint density at radius 3 is 2.04 bits per heavy atom. The molecule has 1 heterocycles. The average Bonchev–Trinajstić information content (AvgIpc) is 3.08. The number of hydrogen-bond donors (Lipinski definition) is 0. The molecule has 146 valence electrons. The van der Waals surface area contributed by atoms with Gasteiger partial charge in [-0.3, -0.25) is 0 Å². The van der Waals surface area contributed by atoms with Crippen LogP contribution in [-0.2, 0) is 12.4 Å². The lowest BCUT2D eigenvalue weighted by atomic mass is 10.1. The second-order valence-electron chi connectivity index (χ2n) is 5.77. The van der Waals surface area contributed by atoms with Crippen molar-refractivity contribution < 1.29 is 26.3 Å². The van der Waals surface area contributed by atoms with Crippen LogP contribution >= 0.6 is 11.6 Å². The van der Waals surface area contributed by atoms with Crippen LogP contribution in [0.5, 0.6) is 0 Å². The highest BCUT2D eigenvalue weighted by Gasteiger charge is 2.42.